The fourth-order valence-corrected chi connectivity index (χ4v) is 15.6. The minimum atomic E-state index is 0.216. The van der Waals surface area contributed by atoms with E-state index >= 15 is 0 Å². The molecule has 5 unspecified atom stereocenters. The molecule has 60 heavy (non-hydrogen) atoms. The second-order valence-electron chi connectivity index (χ2n) is 19.0. The van der Waals surface area contributed by atoms with Gasteiger partial charge in [0.25, 0.3) is 0 Å². The first-order valence-electron chi connectivity index (χ1n) is 22.0. The van der Waals surface area contributed by atoms with Gasteiger partial charge < -0.3 is 18.9 Å². The van der Waals surface area contributed by atoms with Gasteiger partial charge in [0, 0.05) is 44.0 Å². The molecule has 1 fully saturated rings. The van der Waals surface area contributed by atoms with E-state index in [-0.39, 0.29) is 18.8 Å². The van der Waals surface area contributed by atoms with Crippen LogP contribution in [0.25, 0.3) is 77.0 Å². The Morgan fingerprint density at radius 1 is 0.333 bits per heavy atom. The molecule has 7 aliphatic heterocycles. The molecule has 4 nitrogen and oxygen atoms in total. The summed E-state index contributed by atoms with van der Waals surface area (Å²) in [5.41, 5.74) is 25.8. The number of para-hydroxylation sites is 2. The van der Waals surface area contributed by atoms with Crippen molar-refractivity contribution in [3.63, 3.8) is 0 Å². The maximum atomic E-state index is 2.95. The van der Waals surface area contributed by atoms with E-state index < -0.39 is 0 Å². The largest absolute Gasteiger partial charge is 0.335 e. The van der Waals surface area contributed by atoms with Crippen LogP contribution in [0.1, 0.15) is 12.1 Å². The number of nitrogens with zero attached hydrogens (tertiary/aromatic N) is 4. The monoisotopic (exact) mass is 758 g/mol. The Kier molecular flexibility index (Phi) is 4.53. The van der Waals surface area contributed by atoms with Gasteiger partial charge in [-0.15, -0.1) is 0 Å². The zero-order valence-corrected chi connectivity index (χ0v) is 32.4. The summed E-state index contributed by atoms with van der Waals surface area (Å²) >= 11 is 0. The third-order valence-corrected chi connectivity index (χ3v) is 17.1. The summed E-state index contributed by atoms with van der Waals surface area (Å²) in [4.78, 5) is 5.81. The standard InChI is InChI=1S/C54H32B2N4/c1-3-9-27(10-4-1)29-17-23-39-37(25-29)55-38-26-30(28-11-5-2-6-12-28)18-24-40(38)58-42-16-8-14-34-36-22-20-32-31-19-21-35-33-13-7-15-41-47(33)59-49(35)43(31)56-44(32)50(36)60(48(34)42)54-46(56)53(59)51(57(39)41)45(55)52(54)58/h1-26,45-46,51-54H/t45?,46?,51?,52?,53-,54?/m0/s1. The maximum absolute atomic E-state index is 2.95. The fraction of sp³-hybridized carbons (Fsp3) is 0.111. The number of hydrogen-bond acceptors (Lipinski definition) is 2. The molecule has 9 heterocycles. The highest BCUT2D eigenvalue weighted by molar-refractivity contribution is 6.95. The summed E-state index contributed by atoms with van der Waals surface area (Å²) in [6, 6.07) is 62.8. The second-order valence-corrected chi connectivity index (χ2v) is 19.0. The molecular formula is C54H32B2N4. The van der Waals surface area contributed by atoms with Gasteiger partial charge in [0.15, 0.2) is 0 Å². The van der Waals surface area contributed by atoms with Crippen molar-refractivity contribution >= 4 is 102 Å². The Morgan fingerprint density at radius 2 is 0.800 bits per heavy atom. The molecule has 8 aliphatic rings. The van der Waals surface area contributed by atoms with Crippen molar-refractivity contribution in [2.75, 3.05) is 9.80 Å². The van der Waals surface area contributed by atoms with Crippen LogP contribution in [0.3, 0.4) is 0 Å². The van der Waals surface area contributed by atoms with Crippen LogP contribution in [-0.2, 0) is 0 Å². The SMILES string of the molecule is c1ccc(-c2ccc3c(c2)B2c4cc(-c5ccccc5)ccc4N4c5cccc6c7ccc8c9c7n(c56)[C@H]5C6B9c7c-8ccc8c9cccc%10c9n(c78)C6C(C2C54)N3%10)cc1. The van der Waals surface area contributed by atoms with Crippen LogP contribution in [0.15, 0.2) is 158 Å². The normalized spacial score (nSPS) is 23.9. The maximum Gasteiger partial charge on any atom is 0.223 e. The summed E-state index contributed by atoms with van der Waals surface area (Å²) < 4.78 is 5.90. The molecule has 18 rings (SSSR count). The molecule has 1 aliphatic carbocycles. The topological polar surface area (TPSA) is 16.3 Å². The summed E-state index contributed by atoms with van der Waals surface area (Å²) in [7, 11) is 0. The molecule has 274 valence electrons. The van der Waals surface area contributed by atoms with Crippen LogP contribution in [0.5, 0.6) is 0 Å². The van der Waals surface area contributed by atoms with E-state index in [0.29, 0.717) is 30.4 Å². The van der Waals surface area contributed by atoms with Crippen LogP contribution in [-0.4, -0.2) is 34.6 Å². The van der Waals surface area contributed by atoms with Crippen molar-refractivity contribution in [2.45, 2.75) is 35.8 Å². The van der Waals surface area contributed by atoms with Gasteiger partial charge in [-0.05, 0) is 91.1 Å². The average Bonchev–Trinajstić information content (AvgIpc) is 3.96. The van der Waals surface area contributed by atoms with Gasteiger partial charge in [-0.25, -0.2) is 0 Å². The summed E-state index contributed by atoms with van der Waals surface area (Å²) in [5.74, 6) is 0.743. The van der Waals surface area contributed by atoms with Crippen LogP contribution in [0.4, 0.5) is 22.7 Å². The molecule has 0 N–H and O–H groups in total. The predicted octanol–water partition coefficient (Wildman–Crippen LogP) is 9.67. The van der Waals surface area contributed by atoms with E-state index in [9.17, 15) is 0 Å². The minimum Gasteiger partial charge on any atom is -0.335 e. The van der Waals surface area contributed by atoms with E-state index in [1.54, 1.807) is 10.9 Å². The summed E-state index contributed by atoms with van der Waals surface area (Å²) in [6.07, 6.45) is 0. The Balaban J connectivity index is 1.07. The van der Waals surface area contributed by atoms with Crippen molar-refractivity contribution < 1.29 is 0 Å². The van der Waals surface area contributed by atoms with Gasteiger partial charge >= 0.3 is 0 Å². The van der Waals surface area contributed by atoms with Crippen LogP contribution in [0.2, 0.25) is 11.6 Å². The van der Waals surface area contributed by atoms with Gasteiger partial charge in [0.1, 0.15) is 0 Å². The average molecular weight is 759 g/mol. The number of fused-ring (bicyclic) bond motifs is 11. The molecule has 2 aromatic heterocycles. The Hall–Kier alpha value is -6.91. The second kappa shape index (κ2) is 9.27. The number of hydrogen-bond donors (Lipinski definition) is 0. The first-order valence-corrected chi connectivity index (χ1v) is 22.0. The highest BCUT2D eigenvalue weighted by Crippen LogP contribution is 2.69. The van der Waals surface area contributed by atoms with Crippen molar-refractivity contribution in [3.8, 4) is 33.4 Å². The molecule has 10 aromatic rings. The van der Waals surface area contributed by atoms with E-state index in [1.165, 1.54) is 111 Å². The zero-order chi connectivity index (χ0) is 38.0. The molecule has 0 saturated heterocycles. The Bertz CT molecular complexity index is 3510. The van der Waals surface area contributed by atoms with Gasteiger partial charge in [-0.2, -0.15) is 0 Å². The van der Waals surface area contributed by atoms with E-state index in [0.717, 1.165) is 0 Å². The van der Waals surface area contributed by atoms with E-state index in [2.05, 4.69) is 177 Å². The number of benzene rings is 8. The van der Waals surface area contributed by atoms with Crippen molar-refractivity contribution in [2.24, 2.45) is 0 Å². The lowest BCUT2D eigenvalue weighted by Crippen LogP contribution is -2.76. The lowest BCUT2D eigenvalue weighted by atomic mass is 9.21. The highest BCUT2D eigenvalue weighted by Gasteiger charge is 2.70. The number of rotatable bonds is 2. The lowest BCUT2D eigenvalue weighted by molar-refractivity contribution is 0.203. The lowest BCUT2D eigenvalue weighted by Gasteiger charge is -2.68. The van der Waals surface area contributed by atoms with Crippen LogP contribution >= 0.6 is 0 Å². The third kappa shape index (κ3) is 2.82. The Labute approximate surface area is 346 Å². The van der Waals surface area contributed by atoms with Crippen molar-refractivity contribution in [3.05, 3.63) is 158 Å². The highest BCUT2D eigenvalue weighted by atomic mass is 15.3. The van der Waals surface area contributed by atoms with Crippen LogP contribution in [0, 0.1) is 0 Å². The van der Waals surface area contributed by atoms with Gasteiger partial charge in [0.05, 0.1) is 46.6 Å². The Morgan fingerprint density at radius 3 is 1.30 bits per heavy atom. The van der Waals surface area contributed by atoms with Gasteiger partial charge in [-0.3, -0.25) is 0 Å². The smallest absolute Gasteiger partial charge is 0.223 e. The number of anilines is 4. The fourth-order valence-electron chi connectivity index (χ4n) is 15.6. The molecule has 0 bridgehead atoms. The zero-order valence-electron chi connectivity index (χ0n) is 32.4. The quantitative estimate of drug-likeness (QED) is 0.163. The van der Waals surface area contributed by atoms with Gasteiger partial charge in [0.2, 0.25) is 13.4 Å². The van der Waals surface area contributed by atoms with Crippen molar-refractivity contribution in [1.82, 2.24) is 9.13 Å². The summed E-state index contributed by atoms with van der Waals surface area (Å²) in [6.45, 7) is 0.592. The van der Waals surface area contributed by atoms with Crippen molar-refractivity contribution in [1.29, 1.82) is 0 Å². The molecule has 0 spiro atoms. The summed E-state index contributed by atoms with van der Waals surface area (Å²) in [5, 5.41) is 5.70. The first-order chi connectivity index (χ1) is 29.8. The molecule has 6 atom stereocenters. The van der Waals surface area contributed by atoms with E-state index in [4.69, 9.17) is 0 Å². The number of aromatic nitrogens is 2. The van der Waals surface area contributed by atoms with Gasteiger partial charge in [-0.1, -0.05) is 133 Å². The minimum absolute atomic E-state index is 0.216. The van der Waals surface area contributed by atoms with E-state index in [1.807, 2.05) is 0 Å². The first kappa shape index (κ1) is 29.3. The molecule has 0 radical (unpaired) electrons. The molecule has 1 saturated carbocycles. The molecule has 6 heteroatoms. The third-order valence-electron chi connectivity index (χ3n) is 17.1. The predicted molar refractivity (Wildman–Crippen MR) is 249 cm³/mol. The molecule has 0 amide bonds. The molecular weight excluding hydrogens is 726 g/mol. The molecule has 8 aromatic carbocycles. The van der Waals surface area contributed by atoms with Crippen LogP contribution < -0.4 is 31.7 Å².